The molecule has 0 amide bonds. The van der Waals surface area contributed by atoms with Crippen LogP contribution in [0.5, 0.6) is 0 Å². The number of hydrogen-bond acceptors (Lipinski definition) is 7. The van der Waals surface area contributed by atoms with Crippen molar-refractivity contribution in [2.24, 2.45) is 0 Å². The maximum absolute atomic E-state index is 14.1. The monoisotopic (exact) mass is 430 g/mol. The lowest BCUT2D eigenvalue weighted by Crippen LogP contribution is -2.44. The van der Waals surface area contributed by atoms with Crippen LogP contribution in [0.3, 0.4) is 0 Å². The van der Waals surface area contributed by atoms with Crippen molar-refractivity contribution in [3.63, 3.8) is 0 Å². The number of carboxylic acid groups (broad SMARTS) is 1. The van der Waals surface area contributed by atoms with Gasteiger partial charge in [0, 0.05) is 43.6 Å². The summed E-state index contributed by atoms with van der Waals surface area (Å²) in [6.07, 6.45) is 5.75. The summed E-state index contributed by atoms with van der Waals surface area (Å²) in [6, 6.07) is 6.59. The number of benzene rings is 1. The fourth-order valence-electron chi connectivity index (χ4n) is 4.06. The molecule has 168 valence electrons. The smallest absolute Gasteiger partial charge is 0.290 e. The Balaban J connectivity index is 0.000000858. The van der Waals surface area contributed by atoms with E-state index in [9.17, 15) is 4.39 Å². The Morgan fingerprint density at radius 1 is 1.19 bits per heavy atom. The highest BCUT2D eigenvalue weighted by Gasteiger charge is 2.18. The Morgan fingerprint density at radius 3 is 2.52 bits per heavy atom. The first-order valence-electron chi connectivity index (χ1n) is 10.7. The van der Waals surface area contributed by atoms with Crippen LogP contribution < -0.4 is 15.5 Å². The summed E-state index contributed by atoms with van der Waals surface area (Å²) in [5.41, 5.74) is 3.39. The van der Waals surface area contributed by atoms with Crippen molar-refractivity contribution in [3.8, 4) is 0 Å². The molecule has 1 aliphatic heterocycles. The summed E-state index contributed by atoms with van der Waals surface area (Å²) in [4.78, 5) is 21.6. The molecule has 8 nitrogen and oxygen atoms in total. The minimum absolute atomic E-state index is 0.250. The highest BCUT2D eigenvalue weighted by Crippen LogP contribution is 2.27. The number of aromatic nitrogens is 2. The minimum Gasteiger partial charge on any atom is -0.483 e. The van der Waals surface area contributed by atoms with Crippen LogP contribution in [0, 0.1) is 12.7 Å². The zero-order chi connectivity index (χ0) is 22.2. The molecule has 2 fully saturated rings. The zero-order valence-corrected chi connectivity index (χ0v) is 18.1. The van der Waals surface area contributed by atoms with Crippen molar-refractivity contribution in [1.82, 2.24) is 14.9 Å². The van der Waals surface area contributed by atoms with E-state index >= 15 is 0 Å². The summed E-state index contributed by atoms with van der Waals surface area (Å²) in [6.45, 7) is 6.12. The number of nitrogens with one attached hydrogen (secondary N) is 2. The van der Waals surface area contributed by atoms with Gasteiger partial charge in [0.1, 0.15) is 0 Å². The summed E-state index contributed by atoms with van der Waals surface area (Å²) in [5, 5.41) is 13.3. The van der Waals surface area contributed by atoms with Gasteiger partial charge < -0.3 is 25.5 Å². The van der Waals surface area contributed by atoms with Gasteiger partial charge in [-0.3, -0.25) is 4.79 Å². The summed E-state index contributed by atoms with van der Waals surface area (Å²) in [7, 11) is 2.16. The van der Waals surface area contributed by atoms with Crippen molar-refractivity contribution < 1.29 is 14.3 Å². The Morgan fingerprint density at radius 2 is 1.87 bits per heavy atom. The Bertz CT molecular complexity index is 867. The SMILES string of the molecule is Cc1cc(Nc2ncc(F)c(NC3CCCC3)n2)ccc1N1CCN(C)CC1.O=CO. The van der Waals surface area contributed by atoms with E-state index in [2.05, 4.69) is 56.5 Å². The van der Waals surface area contributed by atoms with E-state index in [1.807, 2.05) is 6.07 Å². The fraction of sp³-hybridized carbons (Fsp3) is 0.500. The third-order valence-electron chi connectivity index (χ3n) is 5.74. The molecule has 4 rings (SSSR count). The van der Waals surface area contributed by atoms with Gasteiger partial charge in [-0.25, -0.2) is 9.37 Å². The Labute approximate surface area is 182 Å². The molecule has 1 aliphatic carbocycles. The van der Waals surface area contributed by atoms with Crippen LogP contribution in [0.1, 0.15) is 31.2 Å². The Hall–Kier alpha value is -2.94. The predicted molar refractivity (Wildman–Crippen MR) is 121 cm³/mol. The number of halogens is 1. The van der Waals surface area contributed by atoms with Gasteiger partial charge in [-0.15, -0.1) is 0 Å². The predicted octanol–water partition coefficient (Wildman–Crippen LogP) is 3.47. The van der Waals surface area contributed by atoms with E-state index in [0.29, 0.717) is 12.0 Å². The molecule has 2 aromatic rings. The number of piperazine rings is 1. The number of rotatable bonds is 5. The standard InChI is InChI=1S/C21H29FN6.CH2O2/c1-15-13-17(7-8-19(15)28-11-9-27(2)10-12-28)25-21-23-14-18(22)20(26-21)24-16-5-3-4-6-16;2-1-3/h7-8,13-14,16H,3-6,9-12H2,1-2H3,(H2,23,24,25,26);1H,(H,2,3). The summed E-state index contributed by atoms with van der Waals surface area (Å²) in [5.74, 6) is 0.294. The van der Waals surface area contributed by atoms with Gasteiger partial charge in [0.15, 0.2) is 11.6 Å². The first-order valence-corrected chi connectivity index (χ1v) is 10.7. The zero-order valence-electron chi connectivity index (χ0n) is 18.1. The van der Waals surface area contributed by atoms with Crippen LogP contribution >= 0.6 is 0 Å². The molecular formula is C22H31FN6O2. The molecular weight excluding hydrogens is 399 g/mol. The van der Waals surface area contributed by atoms with Crippen molar-refractivity contribution in [2.75, 3.05) is 48.8 Å². The molecule has 0 bridgehead atoms. The lowest BCUT2D eigenvalue weighted by Gasteiger charge is -2.35. The van der Waals surface area contributed by atoms with Crippen molar-refractivity contribution in [3.05, 3.63) is 35.8 Å². The highest BCUT2D eigenvalue weighted by atomic mass is 19.1. The topological polar surface area (TPSA) is 93.6 Å². The maximum Gasteiger partial charge on any atom is 0.290 e. The molecule has 1 saturated heterocycles. The van der Waals surface area contributed by atoms with Crippen molar-refractivity contribution in [2.45, 2.75) is 38.6 Å². The minimum atomic E-state index is -0.404. The lowest BCUT2D eigenvalue weighted by molar-refractivity contribution is -0.122. The molecule has 1 aromatic carbocycles. The second-order valence-electron chi connectivity index (χ2n) is 8.04. The third-order valence-corrected chi connectivity index (χ3v) is 5.74. The second kappa shape index (κ2) is 10.9. The molecule has 3 N–H and O–H groups in total. The molecule has 0 spiro atoms. The van der Waals surface area contributed by atoms with Crippen LogP contribution in [0.15, 0.2) is 24.4 Å². The largest absolute Gasteiger partial charge is 0.483 e. The average molecular weight is 431 g/mol. The molecule has 1 aromatic heterocycles. The number of carbonyl (C=O) groups is 1. The molecule has 31 heavy (non-hydrogen) atoms. The number of aryl methyl sites for hydroxylation is 1. The molecule has 2 aliphatic rings. The Kier molecular flexibility index (Phi) is 8.00. The van der Waals surface area contributed by atoms with Crippen LogP contribution in [0.2, 0.25) is 0 Å². The second-order valence-corrected chi connectivity index (χ2v) is 8.04. The van der Waals surface area contributed by atoms with Crippen LogP contribution in [-0.2, 0) is 4.79 Å². The molecule has 0 atom stereocenters. The fourth-order valence-corrected chi connectivity index (χ4v) is 4.06. The van der Waals surface area contributed by atoms with Crippen LogP contribution in [-0.4, -0.2) is 65.7 Å². The van der Waals surface area contributed by atoms with Gasteiger partial charge in [-0.2, -0.15) is 4.98 Å². The van der Waals surface area contributed by atoms with Gasteiger partial charge in [0.05, 0.1) is 6.20 Å². The number of likely N-dealkylation sites (N-methyl/N-ethyl adjacent to an activating group) is 1. The summed E-state index contributed by atoms with van der Waals surface area (Å²) >= 11 is 0. The number of nitrogens with zero attached hydrogens (tertiary/aromatic N) is 4. The first kappa shape index (κ1) is 22.7. The molecule has 2 heterocycles. The molecule has 9 heteroatoms. The van der Waals surface area contributed by atoms with Gasteiger partial charge in [-0.1, -0.05) is 12.8 Å². The lowest BCUT2D eigenvalue weighted by atomic mass is 10.1. The van der Waals surface area contributed by atoms with E-state index in [0.717, 1.165) is 44.7 Å². The maximum atomic E-state index is 14.1. The van der Waals surface area contributed by atoms with E-state index in [1.54, 1.807) is 0 Å². The third kappa shape index (κ3) is 6.27. The first-order chi connectivity index (χ1) is 15.0. The van der Waals surface area contributed by atoms with Gasteiger partial charge in [0.25, 0.3) is 6.47 Å². The normalized spacial score (nSPS) is 17.1. The highest BCUT2D eigenvalue weighted by molar-refractivity contribution is 5.64. The van der Waals surface area contributed by atoms with Crippen LogP contribution in [0.4, 0.5) is 27.5 Å². The summed E-state index contributed by atoms with van der Waals surface area (Å²) < 4.78 is 14.1. The number of hydrogen-bond donors (Lipinski definition) is 3. The van der Waals surface area contributed by atoms with Gasteiger partial charge in [-0.05, 0) is 50.6 Å². The molecule has 0 unspecified atom stereocenters. The average Bonchev–Trinajstić information content (AvgIpc) is 3.25. The van der Waals surface area contributed by atoms with Crippen molar-refractivity contribution >= 4 is 29.6 Å². The van der Waals surface area contributed by atoms with Gasteiger partial charge >= 0.3 is 0 Å². The molecule has 0 radical (unpaired) electrons. The number of anilines is 4. The van der Waals surface area contributed by atoms with E-state index < -0.39 is 5.82 Å². The van der Waals surface area contributed by atoms with E-state index in [1.165, 1.54) is 30.3 Å². The van der Waals surface area contributed by atoms with Gasteiger partial charge in [0.2, 0.25) is 5.95 Å². The quantitative estimate of drug-likeness (QED) is 0.621. The molecule has 1 saturated carbocycles. The van der Waals surface area contributed by atoms with Crippen LogP contribution in [0.25, 0.3) is 0 Å². The van der Waals surface area contributed by atoms with Crippen molar-refractivity contribution in [1.29, 1.82) is 0 Å². The van der Waals surface area contributed by atoms with E-state index in [4.69, 9.17) is 9.90 Å². The van der Waals surface area contributed by atoms with E-state index in [-0.39, 0.29) is 12.3 Å².